The number of aromatic nitrogens is 2. The molecule has 2 heterocycles. The second-order valence-corrected chi connectivity index (χ2v) is 8.98. The van der Waals surface area contributed by atoms with Crippen molar-refractivity contribution in [3.63, 3.8) is 0 Å². The normalized spacial score (nSPS) is 14.9. The molecule has 0 bridgehead atoms. The number of aryl methyl sites for hydroxylation is 1. The van der Waals surface area contributed by atoms with Crippen LogP contribution in [0.1, 0.15) is 25.8 Å². The third-order valence-corrected chi connectivity index (χ3v) is 5.92. The number of phenols is 1. The highest BCUT2D eigenvalue weighted by atomic mass is 35.5. The summed E-state index contributed by atoms with van der Waals surface area (Å²) in [6, 6.07) is 9.93. The Kier molecular flexibility index (Phi) is 7.94. The van der Waals surface area contributed by atoms with Gasteiger partial charge in [-0.3, -0.25) is 4.79 Å². The Morgan fingerprint density at radius 2 is 1.82 bits per heavy atom. The fourth-order valence-corrected chi connectivity index (χ4v) is 4.21. The molecule has 2 aromatic carbocycles. The van der Waals surface area contributed by atoms with E-state index in [2.05, 4.69) is 9.97 Å². The number of aromatic hydroxyl groups is 1. The molecule has 34 heavy (non-hydrogen) atoms. The van der Waals surface area contributed by atoms with Gasteiger partial charge in [0.05, 0.1) is 11.1 Å². The van der Waals surface area contributed by atoms with Gasteiger partial charge in [0.25, 0.3) is 5.91 Å². The predicted molar refractivity (Wildman–Crippen MR) is 133 cm³/mol. The number of halogens is 2. The molecule has 0 radical (unpaired) electrons. The molecule has 9 heteroatoms. The van der Waals surface area contributed by atoms with Gasteiger partial charge in [-0.2, -0.15) is 0 Å². The van der Waals surface area contributed by atoms with Crippen LogP contribution in [0, 0.1) is 18.7 Å². The zero-order chi connectivity index (χ0) is 23.7. The second kappa shape index (κ2) is 10.5. The predicted octanol–water partition coefficient (Wildman–Crippen LogP) is 3.93. The zero-order valence-electron chi connectivity index (χ0n) is 19.5. The first kappa shape index (κ1) is 25.6. The summed E-state index contributed by atoms with van der Waals surface area (Å²) in [5.74, 6) is -0.0835. The molecule has 1 saturated heterocycles. The fraction of sp³-hybridized carbons (Fsp3) is 0.400. The van der Waals surface area contributed by atoms with Gasteiger partial charge in [-0.25, -0.2) is 14.4 Å². The molecule has 0 aliphatic carbocycles. The number of hydrogen-bond acceptors (Lipinski definition) is 6. The van der Waals surface area contributed by atoms with Crippen molar-refractivity contribution >= 4 is 35.0 Å². The first-order valence-electron chi connectivity index (χ1n) is 11.2. The second-order valence-electron chi connectivity index (χ2n) is 8.98. The quantitative estimate of drug-likeness (QED) is 0.565. The monoisotopic (exact) mass is 488 g/mol. The Hall–Kier alpha value is -2.97. The van der Waals surface area contributed by atoms with Crippen molar-refractivity contribution in [2.75, 3.05) is 31.1 Å². The van der Waals surface area contributed by atoms with Crippen molar-refractivity contribution in [2.45, 2.75) is 33.3 Å². The molecular formula is C25H30ClFN4O3. The van der Waals surface area contributed by atoms with E-state index >= 15 is 0 Å². The van der Waals surface area contributed by atoms with Gasteiger partial charge in [-0.15, -0.1) is 12.4 Å². The van der Waals surface area contributed by atoms with Crippen LogP contribution in [0.25, 0.3) is 22.3 Å². The Balaban J connectivity index is 0.00000324. The Morgan fingerprint density at radius 1 is 1.12 bits per heavy atom. The molecule has 0 unspecified atom stereocenters. The molecule has 2 N–H and O–H groups in total. The van der Waals surface area contributed by atoms with Crippen LogP contribution >= 0.6 is 12.4 Å². The Bertz CT molecular complexity index is 1160. The number of carbonyl (C=O) groups excluding carboxylic acids is 1. The van der Waals surface area contributed by atoms with Crippen molar-refractivity contribution < 1.29 is 19.4 Å². The molecule has 1 amide bonds. The van der Waals surface area contributed by atoms with E-state index in [-0.39, 0.29) is 41.4 Å². The Labute approximate surface area is 204 Å². The summed E-state index contributed by atoms with van der Waals surface area (Å²) in [5, 5.41) is 21.3. The van der Waals surface area contributed by atoms with Crippen LogP contribution in [0.4, 0.5) is 10.2 Å². The maximum Gasteiger partial charge on any atom is 0.251 e. The highest BCUT2D eigenvalue weighted by Crippen LogP contribution is 2.34. The molecule has 3 aromatic rings. The van der Waals surface area contributed by atoms with Gasteiger partial charge in [0, 0.05) is 31.6 Å². The summed E-state index contributed by atoms with van der Waals surface area (Å²) in [4.78, 5) is 25.5. The largest absolute Gasteiger partial charge is 0.507 e. The number of phenolic OH excluding ortho intramolecular Hbond substituents is 1. The molecule has 1 fully saturated rings. The summed E-state index contributed by atoms with van der Waals surface area (Å²) in [7, 11) is 0. The first-order valence-corrected chi connectivity index (χ1v) is 11.2. The molecule has 182 valence electrons. The number of aliphatic hydroxyl groups is 1. The number of amides is 1. The number of rotatable bonds is 5. The summed E-state index contributed by atoms with van der Waals surface area (Å²) in [5.41, 5.74) is 1.63. The van der Waals surface area contributed by atoms with Crippen molar-refractivity contribution in [3.05, 3.63) is 47.8 Å². The molecule has 1 aliphatic rings. The number of nitrogens with zero attached hydrogens (tertiary/aromatic N) is 4. The Morgan fingerprint density at radius 3 is 2.47 bits per heavy atom. The van der Waals surface area contributed by atoms with Gasteiger partial charge in [0.1, 0.15) is 23.5 Å². The van der Waals surface area contributed by atoms with Crippen LogP contribution in [0.3, 0.4) is 0 Å². The van der Waals surface area contributed by atoms with Gasteiger partial charge in [0.2, 0.25) is 0 Å². The zero-order valence-corrected chi connectivity index (χ0v) is 20.3. The minimum atomic E-state index is -0.991. The molecule has 4 rings (SSSR count). The molecule has 1 aromatic heterocycles. The van der Waals surface area contributed by atoms with E-state index in [0.717, 1.165) is 10.9 Å². The average molecular weight is 489 g/mol. The lowest BCUT2D eigenvalue weighted by molar-refractivity contribution is -0.141. The third kappa shape index (κ3) is 5.23. The molecule has 1 atom stereocenters. The smallest absolute Gasteiger partial charge is 0.251 e. The van der Waals surface area contributed by atoms with E-state index in [1.807, 2.05) is 43.9 Å². The van der Waals surface area contributed by atoms with Crippen molar-refractivity contribution in [3.8, 4) is 17.1 Å². The summed E-state index contributed by atoms with van der Waals surface area (Å²) in [6.45, 7) is 7.83. The van der Waals surface area contributed by atoms with Crippen LogP contribution < -0.4 is 4.90 Å². The van der Waals surface area contributed by atoms with Crippen molar-refractivity contribution in [1.29, 1.82) is 0 Å². The topological polar surface area (TPSA) is 89.8 Å². The number of aliphatic hydroxyl groups excluding tert-OH is 1. The van der Waals surface area contributed by atoms with Gasteiger partial charge >= 0.3 is 0 Å². The lowest BCUT2D eigenvalue weighted by Gasteiger charge is -2.37. The van der Waals surface area contributed by atoms with Crippen molar-refractivity contribution in [1.82, 2.24) is 14.9 Å². The molecule has 0 saturated carbocycles. The summed E-state index contributed by atoms with van der Waals surface area (Å²) >= 11 is 0. The van der Waals surface area contributed by atoms with Crippen LogP contribution in [-0.2, 0) is 4.79 Å². The molecule has 1 aliphatic heterocycles. The molecule has 0 spiro atoms. The van der Waals surface area contributed by atoms with E-state index in [1.165, 1.54) is 18.2 Å². The molecule has 7 nitrogen and oxygen atoms in total. The van der Waals surface area contributed by atoms with Crippen molar-refractivity contribution in [2.24, 2.45) is 5.92 Å². The lowest BCUT2D eigenvalue weighted by Crippen LogP contribution is -2.52. The van der Waals surface area contributed by atoms with Crippen LogP contribution in [0.15, 0.2) is 36.4 Å². The molecular weight excluding hydrogens is 459 g/mol. The van der Waals surface area contributed by atoms with Crippen LogP contribution in [0.2, 0.25) is 0 Å². The van der Waals surface area contributed by atoms with E-state index in [0.29, 0.717) is 43.9 Å². The maximum absolute atomic E-state index is 14.6. The minimum absolute atomic E-state index is 0. The SMILES string of the molecule is Cc1ccc2c(N3CCN(C(=O)[C@H](O)CC(C)C)CC3)nc(-c3c(O)cccc3F)nc2c1.Cl. The lowest BCUT2D eigenvalue weighted by atomic mass is 10.0. The minimum Gasteiger partial charge on any atom is -0.507 e. The van der Waals surface area contributed by atoms with Gasteiger partial charge in [-0.1, -0.05) is 26.0 Å². The number of piperazine rings is 1. The average Bonchev–Trinajstić information content (AvgIpc) is 2.77. The van der Waals surface area contributed by atoms with E-state index in [9.17, 15) is 19.4 Å². The van der Waals surface area contributed by atoms with E-state index in [1.54, 1.807) is 4.90 Å². The van der Waals surface area contributed by atoms with Gasteiger partial charge in [-0.05, 0) is 49.1 Å². The number of fused-ring (bicyclic) bond motifs is 1. The standard InChI is InChI=1S/C25H29FN4O3.ClH/c1-15(2)13-21(32)25(33)30-11-9-29(10-12-30)24-17-8-7-16(3)14-19(17)27-23(28-24)22-18(26)5-4-6-20(22)31;/h4-8,14-15,21,31-32H,9-13H2,1-3H3;1H/t21-;/m1./s1. The highest BCUT2D eigenvalue weighted by molar-refractivity contribution is 5.92. The van der Waals surface area contributed by atoms with Crippen LogP contribution in [0.5, 0.6) is 5.75 Å². The summed E-state index contributed by atoms with van der Waals surface area (Å²) < 4.78 is 14.6. The number of hydrogen-bond donors (Lipinski definition) is 2. The number of benzene rings is 2. The maximum atomic E-state index is 14.6. The fourth-order valence-electron chi connectivity index (χ4n) is 4.21. The number of carbonyl (C=O) groups is 1. The van der Waals surface area contributed by atoms with E-state index in [4.69, 9.17) is 0 Å². The van der Waals surface area contributed by atoms with Gasteiger partial charge < -0.3 is 20.0 Å². The summed E-state index contributed by atoms with van der Waals surface area (Å²) in [6.07, 6.45) is -0.556. The highest BCUT2D eigenvalue weighted by Gasteiger charge is 2.28. The van der Waals surface area contributed by atoms with Gasteiger partial charge in [0.15, 0.2) is 5.82 Å². The first-order chi connectivity index (χ1) is 15.7. The number of anilines is 1. The third-order valence-electron chi connectivity index (χ3n) is 5.92. The van der Waals surface area contributed by atoms with E-state index < -0.39 is 11.9 Å². The van der Waals surface area contributed by atoms with Crippen LogP contribution in [-0.4, -0.2) is 63.3 Å².